The fourth-order valence-corrected chi connectivity index (χ4v) is 3.28. The monoisotopic (exact) mass is 288 g/mol. The highest BCUT2D eigenvalue weighted by molar-refractivity contribution is 7.09. The van der Waals surface area contributed by atoms with Gasteiger partial charge >= 0.3 is 0 Å². The number of nitrogens with zero attached hydrogens (tertiary/aromatic N) is 2. The molecule has 0 N–H and O–H groups in total. The fourth-order valence-electron chi connectivity index (χ4n) is 2.21. The number of hydrogen-bond donors (Lipinski definition) is 0. The van der Waals surface area contributed by atoms with E-state index in [4.69, 9.17) is 16.3 Å². The quantitative estimate of drug-likeness (QED) is 0.594. The predicted molar refractivity (Wildman–Crippen MR) is 76.5 cm³/mol. The van der Waals surface area contributed by atoms with Gasteiger partial charge in [0.2, 0.25) is 0 Å². The molecule has 0 amide bonds. The maximum Gasteiger partial charge on any atom is 0.0928 e. The van der Waals surface area contributed by atoms with Crippen LogP contribution in [0.4, 0.5) is 0 Å². The molecular formula is C13H21ClN2OS. The Hall–Kier alpha value is -0.160. The SMILES string of the molecule is CC1COCCN1CCCCc1nc(CCl)cs1. The summed E-state index contributed by atoms with van der Waals surface area (Å²) in [7, 11) is 0. The summed E-state index contributed by atoms with van der Waals surface area (Å²) in [6, 6.07) is 0.571. The van der Waals surface area contributed by atoms with Gasteiger partial charge < -0.3 is 4.74 Å². The van der Waals surface area contributed by atoms with E-state index >= 15 is 0 Å². The molecule has 1 fully saturated rings. The summed E-state index contributed by atoms with van der Waals surface area (Å²) >= 11 is 7.48. The van der Waals surface area contributed by atoms with Crippen LogP contribution in [0.1, 0.15) is 30.5 Å². The topological polar surface area (TPSA) is 25.4 Å². The second-order valence-electron chi connectivity index (χ2n) is 4.78. The van der Waals surface area contributed by atoms with Crippen molar-refractivity contribution in [1.29, 1.82) is 0 Å². The Bertz CT molecular complexity index is 359. The Labute approximate surface area is 118 Å². The van der Waals surface area contributed by atoms with Crippen LogP contribution < -0.4 is 0 Å². The third kappa shape index (κ3) is 4.19. The van der Waals surface area contributed by atoms with Crippen LogP contribution in [0.15, 0.2) is 5.38 Å². The summed E-state index contributed by atoms with van der Waals surface area (Å²) in [6.07, 6.45) is 3.53. The number of aryl methyl sites for hydroxylation is 1. The van der Waals surface area contributed by atoms with E-state index < -0.39 is 0 Å². The highest BCUT2D eigenvalue weighted by Gasteiger charge is 2.17. The van der Waals surface area contributed by atoms with E-state index in [2.05, 4.69) is 22.2 Å². The molecule has 1 atom stereocenters. The molecule has 3 nitrogen and oxygen atoms in total. The zero-order valence-electron chi connectivity index (χ0n) is 10.9. The molecule has 0 aromatic carbocycles. The van der Waals surface area contributed by atoms with Crippen LogP contribution >= 0.6 is 22.9 Å². The van der Waals surface area contributed by atoms with Gasteiger partial charge in [0, 0.05) is 18.0 Å². The largest absolute Gasteiger partial charge is 0.379 e. The van der Waals surface area contributed by atoms with Crippen molar-refractivity contribution in [2.45, 2.75) is 38.1 Å². The zero-order chi connectivity index (χ0) is 12.8. The average molecular weight is 289 g/mol. The highest BCUT2D eigenvalue weighted by Crippen LogP contribution is 2.15. The number of hydrogen-bond acceptors (Lipinski definition) is 4. The van der Waals surface area contributed by atoms with Crippen molar-refractivity contribution in [3.8, 4) is 0 Å². The van der Waals surface area contributed by atoms with E-state index in [1.165, 1.54) is 24.4 Å². The Balaban J connectivity index is 1.63. The van der Waals surface area contributed by atoms with Gasteiger partial charge in [-0.1, -0.05) is 0 Å². The van der Waals surface area contributed by atoms with Crippen LogP contribution in [0, 0.1) is 0 Å². The second kappa shape index (κ2) is 7.43. The van der Waals surface area contributed by atoms with Crippen LogP contribution in [0.3, 0.4) is 0 Å². The van der Waals surface area contributed by atoms with Gasteiger partial charge in [-0.05, 0) is 32.7 Å². The molecule has 1 saturated heterocycles. The highest BCUT2D eigenvalue weighted by atomic mass is 35.5. The molecule has 1 aromatic heterocycles. The summed E-state index contributed by atoms with van der Waals surface area (Å²) in [5, 5.41) is 3.28. The van der Waals surface area contributed by atoms with Gasteiger partial charge in [-0.3, -0.25) is 4.90 Å². The number of aromatic nitrogens is 1. The molecule has 1 aromatic rings. The third-order valence-electron chi connectivity index (χ3n) is 3.33. The van der Waals surface area contributed by atoms with Crippen molar-refractivity contribution in [2.24, 2.45) is 0 Å². The summed E-state index contributed by atoms with van der Waals surface area (Å²) in [6.45, 7) is 6.27. The molecule has 2 rings (SSSR count). The molecule has 0 spiro atoms. The van der Waals surface area contributed by atoms with Crippen LogP contribution in [0.2, 0.25) is 0 Å². The molecule has 1 unspecified atom stereocenters. The first kappa shape index (κ1) is 14.3. The Kier molecular flexibility index (Phi) is 5.89. The van der Waals surface area contributed by atoms with Gasteiger partial charge in [0.15, 0.2) is 0 Å². The predicted octanol–water partition coefficient (Wildman–Crippen LogP) is 2.93. The minimum absolute atomic E-state index is 0.530. The molecule has 1 aliphatic rings. The van der Waals surface area contributed by atoms with Gasteiger partial charge in [-0.2, -0.15) is 0 Å². The fraction of sp³-hybridized carbons (Fsp3) is 0.769. The lowest BCUT2D eigenvalue weighted by molar-refractivity contribution is -0.000842. The Morgan fingerprint density at radius 2 is 2.44 bits per heavy atom. The number of ether oxygens (including phenoxy) is 1. The van der Waals surface area contributed by atoms with Crippen LogP contribution in [-0.4, -0.2) is 42.2 Å². The minimum Gasteiger partial charge on any atom is -0.379 e. The molecule has 0 radical (unpaired) electrons. The van der Waals surface area contributed by atoms with Crippen molar-refractivity contribution in [1.82, 2.24) is 9.88 Å². The second-order valence-corrected chi connectivity index (χ2v) is 5.99. The zero-order valence-corrected chi connectivity index (χ0v) is 12.5. The van der Waals surface area contributed by atoms with Crippen LogP contribution in [0.5, 0.6) is 0 Å². The molecule has 18 heavy (non-hydrogen) atoms. The van der Waals surface area contributed by atoms with Gasteiger partial charge in [0.1, 0.15) is 0 Å². The summed E-state index contributed by atoms with van der Waals surface area (Å²) < 4.78 is 5.44. The number of thiazole rings is 1. The first-order chi connectivity index (χ1) is 8.79. The molecule has 0 saturated carbocycles. The number of halogens is 1. The van der Waals surface area contributed by atoms with Crippen molar-refractivity contribution in [3.05, 3.63) is 16.1 Å². The lowest BCUT2D eigenvalue weighted by Crippen LogP contribution is -2.43. The Morgan fingerprint density at radius 3 is 3.17 bits per heavy atom. The minimum atomic E-state index is 0.530. The van der Waals surface area contributed by atoms with E-state index in [9.17, 15) is 0 Å². The van der Waals surface area contributed by atoms with E-state index in [1.54, 1.807) is 11.3 Å². The van der Waals surface area contributed by atoms with Crippen LogP contribution in [-0.2, 0) is 17.0 Å². The Morgan fingerprint density at radius 1 is 1.56 bits per heavy atom. The first-order valence-corrected chi connectivity index (χ1v) is 8.02. The summed E-state index contributed by atoms with van der Waals surface area (Å²) in [5.41, 5.74) is 1.01. The average Bonchev–Trinajstić information content (AvgIpc) is 2.84. The van der Waals surface area contributed by atoms with E-state index in [1.807, 2.05) is 0 Å². The standard InChI is InChI=1S/C13H21ClN2OS/c1-11-9-17-7-6-16(11)5-3-2-4-13-15-12(8-14)10-18-13/h10-11H,2-9H2,1H3. The maximum absolute atomic E-state index is 5.74. The van der Waals surface area contributed by atoms with Gasteiger partial charge in [-0.15, -0.1) is 22.9 Å². The molecule has 0 aliphatic carbocycles. The molecule has 0 bridgehead atoms. The van der Waals surface area contributed by atoms with Gasteiger partial charge in [-0.25, -0.2) is 4.98 Å². The van der Waals surface area contributed by atoms with E-state index in [0.717, 1.165) is 31.9 Å². The van der Waals surface area contributed by atoms with Crippen molar-refractivity contribution >= 4 is 22.9 Å². The van der Waals surface area contributed by atoms with Gasteiger partial charge in [0.25, 0.3) is 0 Å². The van der Waals surface area contributed by atoms with E-state index in [-0.39, 0.29) is 0 Å². The van der Waals surface area contributed by atoms with Crippen molar-refractivity contribution in [3.63, 3.8) is 0 Å². The summed E-state index contributed by atoms with van der Waals surface area (Å²) in [5.74, 6) is 0.530. The molecule has 1 aliphatic heterocycles. The first-order valence-electron chi connectivity index (χ1n) is 6.60. The smallest absolute Gasteiger partial charge is 0.0928 e. The van der Waals surface area contributed by atoms with Crippen molar-refractivity contribution in [2.75, 3.05) is 26.3 Å². The number of morpholine rings is 1. The van der Waals surface area contributed by atoms with Crippen molar-refractivity contribution < 1.29 is 4.74 Å². The van der Waals surface area contributed by atoms with E-state index in [0.29, 0.717) is 11.9 Å². The number of unbranched alkanes of at least 4 members (excludes halogenated alkanes) is 1. The summed E-state index contributed by atoms with van der Waals surface area (Å²) in [4.78, 5) is 7.00. The maximum atomic E-state index is 5.74. The van der Waals surface area contributed by atoms with Gasteiger partial charge in [0.05, 0.1) is 29.8 Å². The van der Waals surface area contributed by atoms with Crippen LogP contribution in [0.25, 0.3) is 0 Å². The third-order valence-corrected chi connectivity index (χ3v) is 4.56. The lowest BCUT2D eigenvalue weighted by atomic mass is 10.2. The molecule has 2 heterocycles. The molecule has 102 valence electrons. The molecule has 5 heteroatoms. The number of rotatable bonds is 6. The number of alkyl halides is 1. The normalized spacial score (nSPS) is 21.3. The molecular weight excluding hydrogens is 268 g/mol. The lowest BCUT2D eigenvalue weighted by Gasteiger charge is -2.33.